The Morgan fingerprint density at radius 1 is 0.840 bits per heavy atom. The van der Waals surface area contributed by atoms with Gasteiger partial charge in [-0.3, -0.25) is 4.79 Å². The Morgan fingerprint density at radius 2 is 1.56 bits per heavy atom. The number of anilines is 1. The molecule has 3 nitrogen and oxygen atoms in total. The van der Waals surface area contributed by atoms with Crippen molar-refractivity contribution in [2.75, 3.05) is 5.32 Å². The Bertz CT molecular complexity index is 945. The minimum Gasteiger partial charge on any atom is -0.488 e. The van der Waals surface area contributed by atoms with Crippen molar-refractivity contribution in [3.8, 4) is 5.75 Å². The number of hydrogen-bond donors (Lipinski definition) is 1. The summed E-state index contributed by atoms with van der Waals surface area (Å²) in [6, 6.07) is 25.5. The second-order valence-corrected chi connectivity index (χ2v) is 5.87. The molecule has 4 rings (SSSR count). The van der Waals surface area contributed by atoms with Crippen LogP contribution in [0.1, 0.15) is 16.7 Å². The van der Waals surface area contributed by atoms with E-state index in [9.17, 15) is 4.79 Å². The topological polar surface area (TPSA) is 38.3 Å². The number of hydrogen-bond acceptors (Lipinski definition) is 2. The molecule has 0 aliphatic carbocycles. The van der Waals surface area contributed by atoms with Crippen LogP contribution in [-0.4, -0.2) is 5.91 Å². The maximum atomic E-state index is 12.3. The number of rotatable bonds is 4. The van der Waals surface area contributed by atoms with Crippen molar-refractivity contribution in [3.05, 3.63) is 95.6 Å². The first-order chi connectivity index (χ1) is 12.3. The van der Waals surface area contributed by atoms with Crippen LogP contribution in [0.15, 0.2) is 78.9 Å². The minimum absolute atomic E-state index is 0.0842. The summed E-state index contributed by atoms with van der Waals surface area (Å²) in [5.74, 6) is 0.676. The van der Waals surface area contributed by atoms with Gasteiger partial charge in [0.1, 0.15) is 12.4 Å². The molecule has 122 valence electrons. The molecular formula is C22H17NO2. The van der Waals surface area contributed by atoms with Crippen LogP contribution < -0.4 is 10.1 Å². The van der Waals surface area contributed by atoms with E-state index in [1.807, 2.05) is 84.9 Å². The van der Waals surface area contributed by atoms with Gasteiger partial charge in [0.2, 0.25) is 0 Å². The van der Waals surface area contributed by atoms with Crippen molar-refractivity contribution in [1.29, 1.82) is 0 Å². The molecule has 1 N–H and O–H groups in total. The summed E-state index contributed by atoms with van der Waals surface area (Å²) in [6.07, 6.45) is 1.89. The number of amides is 1. The maximum absolute atomic E-state index is 12.3. The van der Waals surface area contributed by atoms with E-state index in [0.717, 1.165) is 28.1 Å². The van der Waals surface area contributed by atoms with Crippen molar-refractivity contribution < 1.29 is 9.53 Å². The molecule has 1 aliphatic rings. The summed E-state index contributed by atoms with van der Waals surface area (Å²) in [5.41, 5.74) is 4.42. The SMILES string of the molecule is O=C1Nc2ccccc2/C1=C/c1ccccc1OCc1ccccc1. The second kappa shape index (κ2) is 6.65. The highest BCUT2D eigenvalue weighted by Crippen LogP contribution is 2.34. The third-order valence-electron chi connectivity index (χ3n) is 4.17. The van der Waals surface area contributed by atoms with Gasteiger partial charge in [-0.15, -0.1) is 0 Å². The van der Waals surface area contributed by atoms with E-state index in [-0.39, 0.29) is 5.91 Å². The number of nitrogens with one attached hydrogen (secondary N) is 1. The first kappa shape index (κ1) is 15.2. The van der Waals surface area contributed by atoms with Gasteiger partial charge in [0.15, 0.2) is 0 Å². The number of carbonyl (C=O) groups is 1. The first-order valence-electron chi connectivity index (χ1n) is 8.19. The molecule has 0 fully saturated rings. The lowest BCUT2D eigenvalue weighted by atomic mass is 10.0. The lowest BCUT2D eigenvalue weighted by molar-refractivity contribution is -0.110. The van der Waals surface area contributed by atoms with Crippen LogP contribution in [0.4, 0.5) is 5.69 Å². The molecule has 0 atom stereocenters. The summed E-state index contributed by atoms with van der Waals surface area (Å²) >= 11 is 0. The second-order valence-electron chi connectivity index (χ2n) is 5.87. The van der Waals surface area contributed by atoms with Crippen molar-refractivity contribution in [3.63, 3.8) is 0 Å². The van der Waals surface area contributed by atoms with Gasteiger partial charge < -0.3 is 10.1 Å². The van der Waals surface area contributed by atoms with Crippen molar-refractivity contribution in [2.24, 2.45) is 0 Å². The highest BCUT2D eigenvalue weighted by Gasteiger charge is 2.23. The molecule has 0 spiro atoms. The first-order valence-corrected chi connectivity index (χ1v) is 8.19. The van der Waals surface area contributed by atoms with Gasteiger partial charge in [0.25, 0.3) is 5.91 Å². The number of carbonyl (C=O) groups excluding carboxylic acids is 1. The fourth-order valence-corrected chi connectivity index (χ4v) is 2.90. The molecule has 1 heterocycles. The Balaban J connectivity index is 1.64. The van der Waals surface area contributed by atoms with Gasteiger partial charge in [-0.05, 0) is 23.8 Å². The third-order valence-corrected chi connectivity index (χ3v) is 4.17. The average molecular weight is 327 g/mol. The number of benzene rings is 3. The molecule has 3 aromatic rings. The van der Waals surface area contributed by atoms with E-state index in [1.165, 1.54) is 0 Å². The smallest absolute Gasteiger partial charge is 0.256 e. The Kier molecular flexibility index (Phi) is 4.05. The quantitative estimate of drug-likeness (QED) is 0.702. The monoisotopic (exact) mass is 327 g/mol. The molecule has 1 amide bonds. The van der Waals surface area contributed by atoms with Gasteiger partial charge in [-0.2, -0.15) is 0 Å². The van der Waals surface area contributed by atoms with Crippen LogP contribution in [0, 0.1) is 0 Å². The Morgan fingerprint density at radius 3 is 2.44 bits per heavy atom. The van der Waals surface area contributed by atoms with E-state index in [0.29, 0.717) is 12.2 Å². The molecule has 0 saturated heterocycles. The summed E-state index contributed by atoms with van der Waals surface area (Å²) in [6.45, 7) is 0.490. The molecular weight excluding hydrogens is 310 g/mol. The zero-order chi connectivity index (χ0) is 17.1. The average Bonchev–Trinajstić information content (AvgIpc) is 2.97. The van der Waals surface area contributed by atoms with Gasteiger partial charge >= 0.3 is 0 Å². The predicted molar refractivity (Wildman–Crippen MR) is 100 cm³/mol. The maximum Gasteiger partial charge on any atom is 0.256 e. The third kappa shape index (κ3) is 3.17. The molecule has 0 bridgehead atoms. The van der Waals surface area contributed by atoms with E-state index in [2.05, 4.69) is 5.32 Å². The lowest BCUT2D eigenvalue weighted by Gasteiger charge is -2.10. The molecule has 0 saturated carbocycles. The van der Waals surface area contributed by atoms with Crippen LogP contribution in [0.25, 0.3) is 11.6 Å². The van der Waals surface area contributed by atoms with Gasteiger partial charge in [0, 0.05) is 22.4 Å². The fourth-order valence-electron chi connectivity index (χ4n) is 2.90. The summed E-state index contributed by atoms with van der Waals surface area (Å²) < 4.78 is 5.98. The lowest BCUT2D eigenvalue weighted by Crippen LogP contribution is -2.03. The molecule has 25 heavy (non-hydrogen) atoms. The summed E-state index contributed by atoms with van der Waals surface area (Å²) in [7, 11) is 0. The van der Waals surface area contributed by atoms with Crippen LogP contribution in [0.5, 0.6) is 5.75 Å². The predicted octanol–water partition coefficient (Wildman–Crippen LogP) is 4.76. The number of ether oxygens (including phenoxy) is 1. The van der Waals surface area contributed by atoms with Crippen molar-refractivity contribution in [2.45, 2.75) is 6.61 Å². The van der Waals surface area contributed by atoms with Crippen LogP contribution in [-0.2, 0) is 11.4 Å². The zero-order valence-electron chi connectivity index (χ0n) is 13.6. The molecule has 0 unspecified atom stereocenters. The molecule has 1 aliphatic heterocycles. The van der Waals surface area contributed by atoms with Crippen molar-refractivity contribution >= 4 is 23.2 Å². The molecule has 3 heteroatoms. The van der Waals surface area contributed by atoms with Gasteiger partial charge in [-0.1, -0.05) is 66.7 Å². The molecule has 0 aromatic heterocycles. The van der Waals surface area contributed by atoms with E-state index < -0.39 is 0 Å². The zero-order valence-corrected chi connectivity index (χ0v) is 13.6. The van der Waals surface area contributed by atoms with Gasteiger partial charge in [0.05, 0.1) is 0 Å². The van der Waals surface area contributed by atoms with E-state index >= 15 is 0 Å². The summed E-state index contributed by atoms with van der Waals surface area (Å²) in [4.78, 5) is 12.3. The highest BCUT2D eigenvalue weighted by molar-refractivity contribution is 6.35. The van der Waals surface area contributed by atoms with Crippen molar-refractivity contribution in [1.82, 2.24) is 0 Å². The van der Waals surface area contributed by atoms with Crippen LogP contribution >= 0.6 is 0 Å². The van der Waals surface area contributed by atoms with Gasteiger partial charge in [-0.25, -0.2) is 0 Å². The molecule has 3 aromatic carbocycles. The highest BCUT2D eigenvalue weighted by atomic mass is 16.5. The Labute approximate surface area is 146 Å². The largest absolute Gasteiger partial charge is 0.488 e. The molecule has 0 radical (unpaired) electrons. The summed E-state index contributed by atoms with van der Waals surface area (Å²) in [5, 5.41) is 2.90. The van der Waals surface area contributed by atoms with E-state index in [4.69, 9.17) is 4.74 Å². The van der Waals surface area contributed by atoms with Crippen LogP contribution in [0.2, 0.25) is 0 Å². The number of fused-ring (bicyclic) bond motifs is 1. The Hall–Kier alpha value is -3.33. The normalized spacial score (nSPS) is 14.2. The fraction of sp³-hybridized carbons (Fsp3) is 0.0455. The standard InChI is InChI=1S/C22H17NO2/c24-22-19(18-11-5-6-12-20(18)23-22)14-17-10-4-7-13-21(17)25-15-16-8-2-1-3-9-16/h1-14H,15H2,(H,23,24)/b19-14-. The minimum atomic E-state index is -0.0842. The van der Waals surface area contributed by atoms with E-state index in [1.54, 1.807) is 0 Å². The van der Waals surface area contributed by atoms with Crippen LogP contribution in [0.3, 0.4) is 0 Å². The number of para-hydroxylation sites is 2.